The summed E-state index contributed by atoms with van der Waals surface area (Å²) in [7, 11) is 0. The van der Waals surface area contributed by atoms with Crippen molar-refractivity contribution in [1.82, 2.24) is 5.32 Å². The molecule has 1 N–H and O–H groups in total. The monoisotopic (exact) mass is 384 g/mol. The van der Waals surface area contributed by atoms with Crippen LogP contribution in [-0.2, 0) is 9.53 Å². The fraction of sp³-hybridized carbons (Fsp3) is 0.500. The van der Waals surface area contributed by atoms with E-state index < -0.39 is 10.8 Å². The number of morpholine rings is 1. The molecule has 1 saturated carbocycles. The minimum atomic E-state index is -0.478. The normalized spacial score (nSPS) is 18.4. The van der Waals surface area contributed by atoms with Crippen molar-refractivity contribution >= 4 is 23.4 Å². The topological polar surface area (TPSA) is 108 Å². The van der Waals surface area contributed by atoms with Gasteiger partial charge in [-0.2, -0.15) is 5.26 Å². The highest BCUT2D eigenvalue weighted by Gasteiger charge is 2.21. The molecule has 1 saturated heterocycles. The summed E-state index contributed by atoms with van der Waals surface area (Å²) in [5.74, 6) is -0.422. The van der Waals surface area contributed by atoms with Gasteiger partial charge in [0.1, 0.15) is 11.6 Å². The Labute approximate surface area is 163 Å². The molecule has 0 radical (unpaired) electrons. The number of hydrogen-bond donors (Lipinski definition) is 1. The van der Waals surface area contributed by atoms with Gasteiger partial charge < -0.3 is 15.0 Å². The second-order valence-corrected chi connectivity index (χ2v) is 7.08. The van der Waals surface area contributed by atoms with E-state index in [0.717, 1.165) is 31.4 Å². The molecule has 0 spiro atoms. The number of nitro benzene ring substituents is 1. The molecule has 1 aliphatic carbocycles. The number of carbonyl (C=O) groups excluding carboxylic acids is 1. The summed E-state index contributed by atoms with van der Waals surface area (Å²) in [5, 5.41) is 23.6. The fourth-order valence-corrected chi connectivity index (χ4v) is 3.68. The number of amides is 1. The third kappa shape index (κ3) is 4.87. The third-order valence-electron chi connectivity index (χ3n) is 5.18. The van der Waals surface area contributed by atoms with Crippen LogP contribution >= 0.6 is 0 Å². The number of nitriles is 1. The van der Waals surface area contributed by atoms with Crippen molar-refractivity contribution in [3.05, 3.63) is 39.4 Å². The Balaban J connectivity index is 1.89. The Bertz CT molecular complexity index is 803. The lowest BCUT2D eigenvalue weighted by Gasteiger charge is -2.30. The van der Waals surface area contributed by atoms with Gasteiger partial charge in [0.15, 0.2) is 0 Å². The van der Waals surface area contributed by atoms with Crippen molar-refractivity contribution in [3.63, 3.8) is 0 Å². The molecule has 0 bridgehead atoms. The summed E-state index contributed by atoms with van der Waals surface area (Å²) >= 11 is 0. The van der Waals surface area contributed by atoms with E-state index in [-0.39, 0.29) is 17.3 Å². The standard InChI is InChI=1S/C20H24N4O4/c21-14-16(20(25)22-17-4-2-1-3-5-17)12-15-13-18(24(26)27)6-7-19(15)23-8-10-28-11-9-23/h6-7,12-13,17H,1-5,8-11H2,(H,22,25). The number of nitrogens with zero attached hydrogens (tertiary/aromatic N) is 3. The van der Waals surface area contributed by atoms with Gasteiger partial charge in [-0.25, -0.2) is 0 Å². The highest BCUT2D eigenvalue weighted by Crippen LogP contribution is 2.28. The predicted molar refractivity (Wildman–Crippen MR) is 105 cm³/mol. The predicted octanol–water partition coefficient (Wildman–Crippen LogP) is 2.79. The molecule has 0 atom stereocenters. The zero-order valence-electron chi connectivity index (χ0n) is 15.7. The van der Waals surface area contributed by atoms with E-state index in [1.165, 1.54) is 24.6 Å². The highest BCUT2D eigenvalue weighted by atomic mass is 16.6. The second kappa shape index (κ2) is 9.33. The molecule has 148 valence electrons. The molecule has 0 aromatic heterocycles. The summed E-state index contributed by atoms with van der Waals surface area (Å²) in [6.07, 6.45) is 6.60. The van der Waals surface area contributed by atoms with Gasteiger partial charge in [-0.3, -0.25) is 14.9 Å². The molecule has 1 amide bonds. The molecule has 1 aromatic carbocycles. The van der Waals surface area contributed by atoms with E-state index >= 15 is 0 Å². The van der Waals surface area contributed by atoms with Crippen LogP contribution in [0, 0.1) is 21.4 Å². The molecular weight excluding hydrogens is 360 g/mol. The van der Waals surface area contributed by atoms with Crippen molar-refractivity contribution in [2.75, 3.05) is 31.2 Å². The van der Waals surface area contributed by atoms with E-state index in [9.17, 15) is 20.2 Å². The van der Waals surface area contributed by atoms with E-state index in [1.807, 2.05) is 11.0 Å². The number of nitro groups is 1. The highest BCUT2D eigenvalue weighted by molar-refractivity contribution is 6.02. The van der Waals surface area contributed by atoms with Crippen LogP contribution in [0.3, 0.4) is 0 Å². The van der Waals surface area contributed by atoms with Crippen molar-refractivity contribution in [2.45, 2.75) is 38.1 Å². The van der Waals surface area contributed by atoms with Crippen LogP contribution < -0.4 is 10.2 Å². The van der Waals surface area contributed by atoms with Gasteiger partial charge in [0.25, 0.3) is 11.6 Å². The van der Waals surface area contributed by atoms with Crippen molar-refractivity contribution in [2.24, 2.45) is 0 Å². The van der Waals surface area contributed by atoms with Crippen molar-refractivity contribution in [3.8, 4) is 6.07 Å². The number of rotatable bonds is 5. The Morgan fingerprint density at radius 1 is 1.29 bits per heavy atom. The first-order valence-corrected chi connectivity index (χ1v) is 9.62. The van der Waals surface area contributed by atoms with Gasteiger partial charge in [0, 0.05) is 42.5 Å². The maximum atomic E-state index is 12.6. The zero-order chi connectivity index (χ0) is 19.9. The Kier molecular flexibility index (Phi) is 6.61. The van der Waals surface area contributed by atoms with Crippen LogP contribution in [0.15, 0.2) is 23.8 Å². The number of hydrogen-bond acceptors (Lipinski definition) is 6. The average Bonchev–Trinajstić information content (AvgIpc) is 2.73. The lowest BCUT2D eigenvalue weighted by atomic mass is 9.95. The summed E-state index contributed by atoms with van der Waals surface area (Å²) in [5.41, 5.74) is 1.13. The minimum Gasteiger partial charge on any atom is -0.378 e. The number of nitrogens with one attached hydrogen (secondary N) is 1. The molecule has 1 aliphatic heterocycles. The zero-order valence-corrected chi connectivity index (χ0v) is 15.7. The Hall–Kier alpha value is -2.92. The molecule has 8 nitrogen and oxygen atoms in total. The maximum absolute atomic E-state index is 12.6. The smallest absolute Gasteiger partial charge is 0.270 e. The number of ether oxygens (including phenoxy) is 1. The first-order chi connectivity index (χ1) is 13.6. The van der Waals surface area contributed by atoms with Gasteiger partial charge >= 0.3 is 0 Å². The van der Waals surface area contributed by atoms with E-state index in [0.29, 0.717) is 31.9 Å². The largest absolute Gasteiger partial charge is 0.378 e. The van der Waals surface area contributed by atoms with E-state index in [2.05, 4.69) is 5.32 Å². The number of carbonyl (C=O) groups is 1. The minimum absolute atomic E-state index is 0.0411. The van der Waals surface area contributed by atoms with Crippen molar-refractivity contribution < 1.29 is 14.5 Å². The SMILES string of the molecule is N#CC(=Cc1cc([N+](=O)[O-])ccc1N1CCOCC1)C(=O)NC1CCCCC1. The molecule has 2 aliphatic rings. The average molecular weight is 384 g/mol. The summed E-state index contributed by atoms with van der Waals surface area (Å²) in [6.45, 7) is 2.42. The summed E-state index contributed by atoms with van der Waals surface area (Å²) in [4.78, 5) is 25.4. The van der Waals surface area contributed by atoms with Crippen LogP contribution in [0.1, 0.15) is 37.7 Å². The van der Waals surface area contributed by atoms with Crippen LogP contribution in [0.2, 0.25) is 0 Å². The fourth-order valence-electron chi connectivity index (χ4n) is 3.68. The molecule has 1 aromatic rings. The molecule has 2 fully saturated rings. The van der Waals surface area contributed by atoms with Gasteiger partial charge in [-0.05, 0) is 25.0 Å². The number of non-ortho nitro benzene ring substituents is 1. The van der Waals surface area contributed by atoms with Gasteiger partial charge in [0.05, 0.1) is 18.1 Å². The van der Waals surface area contributed by atoms with Gasteiger partial charge in [0.2, 0.25) is 0 Å². The molecular formula is C20H24N4O4. The molecule has 3 rings (SSSR count). The van der Waals surface area contributed by atoms with Crippen LogP contribution in [0.5, 0.6) is 0 Å². The molecule has 8 heteroatoms. The van der Waals surface area contributed by atoms with Crippen LogP contribution in [-0.4, -0.2) is 43.2 Å². The van der Waals surface area contributed by atoms with E-state index in [4.69, 9.17) is 4.74 Å². The molecule has 1 heterocycles. The van der Waals surface area contributed by atoms with E-state index in [1.54, 1.807) is 6.07 Å². The third-order valence-corrected chi connectivity index (χ3v) is 5.18. The lowest BCUT2D eigenvalue weighted by Crippen LogP contribution is -2.37. The number of benzene rings is 1. The van der Waals surface area contributed by atoms with Gasteiger partial charge in [-0.1, -0.05) is 19.3 Å². The summed E-state index contributed by atoms with van der Waals surface area (Å²) in [6, 6.07) is 6.56. The van der Waals surface area contributed by atoms with Gasteiger partial charge in [-0.15, -0.1) is 0 Å². The molecule has 28 heavy (non-hydrogen) atoms. The molecule has 0 unspecified atom stereocenters. The maximum Gasteiger partial charge on any atom is 0.270 e. The second-order valence-electron chi connectivity index (χ2n) is 7.08. The first-order valence-electron chi connectivity index (χ1n) is 9.62. The number of anilines is 1. The van der Waals surface area contributed by atoms with Crippen LogP contribution in [0.4, 0.5) is 11.4 Å². The Morgan fingerprint density at radius 2 is 2.00 bits per heavy atom. The Morgan fingerprint density at radius 3 is 2.64 bits per heavy atom. The summed E-state index contributed by atoms with van der Waals surface area (Å²) < 4.78 is 5.37. The first kappa shape index (κ1) is 19.8. The lowest BCUT2D eigenvalue weighted by molar-refractivity contribution is -0.384. The quantitative estimate of drug-likeness (QED) is 0.362. The van der Waals surface area contributed by atoms with Crippen LogP contribution in [0.25, 0.3) is 6.08 Å². The van der Waals surface area contributed by atoms with Crippen molar-refractivity contribution in [1.29, 1.82) is 5.26 Å².